The molecule has 1 aromatic heterocycles. The van der Waals surface area contributed by atoms with Crippen molar-refractivity contribution in [3.8, 4) is 11.6 Å². The van der Waals surface area contributed by atoms with Gasteiger partial charge in [-0.15, -0.1) is 0 Å². The normalized spacial score (nSPS) is 23.5. The molecule has 2 fully saturated rings. The number of likely N-dealkylation sites (N-methyl/N-ethyl adjacent to an activating group) is 1. The molecule has 0 N–H and O–H groups in total. The van der Waals surface area contributed by atoms with Crippen LogP contribution in [0.25, 0.3) is 0 Å². The van der Waals surface area contributed by atoms with E-state index < -0.39 is 11.7 Å². The van der Waals surface area contributed by atoms with Gasteiger partial charge < -0.3 is 28.9 Å². The van der Waals surface area contributed by atoms with Gasteiger partial charge in [-0.3, -0.25) is 4.79 Å². The molecule has 2 amide bonds. The second kappa shape index (κ2) is 9.35. The molecular formula is C22H30Cl2N4O5. The molecule has 0 aromatic carbocycles. The molecule has 0 aliphatic carbocycles. The molecular weight excluding hydrogens is 471 g/mol. The Kier molecular flexibility index (Phi) is 6.85. The van der Waals surface area contributed by atoms with E-state index in [2.05, 4.69) is 9.88 Å². The summed E-state index contributed by atoms with van der Waals surface area (Å²) >= 11 is 12.6. The lowest BCUT2D eigenvalue weighted by Crippen LogP contribution is -2.58. The number of piperazine rings is 1. The van der Waals surface area contributed by atoms with Crippen molar-refractivity contribution < 1.29 is 23.8 Å². The zero-order valence-electron chi connectivity index (χ0n) is 19.4. The predicted octanol–water partition coefficient (Wildman–Crippen LogP) is 3.32. The third-order valence-electron chi connectivity index (χ3n) is 6.13. The van der Waals surface area contributed by atoms with Crippen LogP contribution in [0.15, 0.2) is 0 Å². The van der Waals surface area contributed by atoms with E-state index in [1.165, 1.54) is 0 Å². The van der Waals surface area contributed by atoms with Gasteiger partial charge >= 0.3 is 6.09 Å². The Bertz CT molecular complexity index is 938. The Labute approximate surface area is 203 Å². The van der Waals surface area contributed by atoms with Crippen molar-refractivity contribution >= 4 is 35.2 Å². The van der Waals surface area contributed by atoms with Crippen molar-refractivity contribution in [2.45, 2.75) is 51.3 Å². The van der Waals surface area contributed by atoms with E-state index in [0.717, 1.165) is 19.4 Å². The molecule has 1 aromatic rings. The lowest BCUT2D eigenvalue weighted by molar-refractivity contribution is 0.000897. The standard InChI is InChI=1S/C22H30Cl2N4O5/c1-22(2,3)33-21(30)27-8-9-28-14(10-27)12-31-17-15(20(28)29)19(25-18(24)16(17)23)32-11-13-6-5-7-26(13)4/h13-14H,5-12H2,1-4H3/t13-,14-/m1/s1. The molecule has 9 nitrogen and oxygen atoms in total. The number of fused-ring (bicyclic) bond motifs is 2. The van der Waals surface area contributed by atoms with E-state index in [4.69, 9.17) is 37.4 Å². The molecule has 0 saturated carbocycles. The first-order valence-corrected chi connectivity index (χ1v) is 11.9. The van der Waals surface area contributed by atoms with Gasteiger partial charge in [0.15, 0.2) is 10.9 Å². The summed E-state index contributed by atoms with van der Waals surface area (Å²) in [6, 6.07) is -0.126. The first-order valence-electron chi connectivity index (χ1n) is 11.2. The highest BCUT2D eigenvalue weighted by atomic mass is 35.5. The molecule has 3 aliphatic heterocycles. The second-order valence-corrected chi connectivity index (χ2v) is 10.4. The zero-order chi connectivity index (χ0) is 23.9. The quantitative estimate of drug-likeness (QED) is 0.588. The van der Waals surface area contributed by atoms with Crippen LogP contribution in [0.2, 0.25) is 10.2 Å². The Morgan fingerprint density at radius 2 is 2.00 bits per heavy atom. The van der Waals surface area contributed by atoms with Crippen molar-refractivity contribution in [1.29, 1.82) is 0 Å². The molecule has 0 spiro atoms. The number of likely N-dealkylation sites (tertiary alicyclic amines) is 1. The predicted molar refractivity (Wildman–Crippen MR) is 124 cm³/mol. The van der Waals surface area contributed by atoms with Gasteiger partial charge in [0, 0.05) is 25.7 Å². The number of rotatable bonds is 3. The molecule has 0 radical (unpaired) electrons. The van der Waals surface area contributed by atoms with Gasteiger partial charge in [0.05, 0.1) is 6.04 Å². The van der Waals surface area contributed by atoms with Gasteiger partial charge in [-0.1, -0.05) is 23.2 Å². The fourth-order valence-electron chi connectivity index (χ4n) is 4.37. The lowest BCUT2D eigenvalue weighted by atomic mass is 10.1. The van der Waals surface area contributed by atoms with Crippen LogP contribution in [0.1, 0.15) is 44.0 Å². The van der Waals surface area contributed by atoms with Crippen LogP contribution in [0.5, 0.6) is 11.6 Å². The molecule has 11 heteroatoms. The second-order valence-electron chi connectivity index (χ2n) is 9.70. The monoisotopic (exact) mass is 500 g/mol. The first-order chi connectivity index (χ1) is 15.5. The molecule has 3 aliphatic rings. The number of ether oxygens (including phenoxy) is 3. The van der Waals surface area contributed by atoms with E-state index >= 15 is 0 Å². The van der Waals surface area contributed by atoms with Crippen LogP contribution in [0.4, 0.5) is 4.79 Å². The van der Waals surface area contributed by atoms with Crippen LogP contribution in [0, 0.1) is 0 Å². The van der Waals surface area contributed by atoms with Gasteiger partial charge in [-0.05, 0) is 47.2 Å². The van der Waals surface area contributed by atoms with Gasteiger partial charge in [0.25, 0.3) is 5.91 Å². The number of nitrogens with zero attached hydrogens (tertiary/aromatic N) is 4. The zero-order valence-corrected chi connectivity index (χ0v) is 20.9. The number of carbonyl (C=O) groups excluding carboxylic acids is 2. The van der Waals surface area contributed by atoms with Crippen LogP contribution in [-0.4, -0.2) is 95.8 Å². The average Bonchev–Trinajstić information content (AvgIpc) is 3.09. The number of amides is 2. The van der Waals surface area contributed by atoms with Gasteiger partial charge in [0.2, 0.25) is 5.88 Å². The van der Waals surface area contributed by atoms with E-state index in [0.29, 0.717) is 19.7 Å². The number of hydrogen-bond donors (Lipinski definition) is 0. The van der Waals surface area contributed by atoms with E-state index in [-0.39, 0.29) is 58.5 Å². The van der Waals surface area contributed by atoms with Gasteiger partial charge in [-0.25, -0.2) is 4.79 Å². The summed E-state index contributed by atoms with van der Waals surface area (Å²) in [4.78, 5) is 35.9. The molecule has 33 heavy (non-hydrogen) atoms. The molecule has 4 rings (SSSR count). The summed E-state index contributed by atoms with van der Waals surface area (Å²) in [5, 5.41) is 0.0995. The maximum Gasteiger partial charge on any atom is 0.410 e. The van der Waals surface area contributed by atoms with Crippen LogP contribution in [-0.2, 0) is 4.74 Å². The maximum atomic E-state index is 13.6. The Hall–Kier alpha value is -1.97. The minimum absolute atomic E-state index is 0.0215. The Morgan fingerprint density at radius 1 is 1.24 bits per heavy atom. The van der Waals surface area contributed by atoms with Crippen LogP contribution < -0.4 is 9.47 Å². The van der Waals surface area contributed by atoms with Gasteiger partial charge in [-0.2, -0.15) is 4.98 Å². The van der Waals surface area contributed by atoms with Gasteiger partial charge in [0.1, 0.15) is 29.4 Å². The SMILES string of the molecule is CN1CCC[C@@H]1COc1nc(Cl)c(Cl)c2c1C(=O)N1CCN(C(=O)OC(C)(C)C)C[C@@H]1CO2. The third kappa shape index (κ3) is 5.10. The highest BCUT2D eigenvalue weighted by Gasteiger charge is 2.41. The van der Waals surface area contributed by atoms with E-state index in [1.54, 1.807) is 9.80 Å². The topological polar surface area (TPSA) is 84.4 Å². The largest absolute Gasteiger partial charge is 0.489 e. The maximum absolute atomic E-state index is 13.6. The summed E-state index contributed by atoms with van der Waals surface area (Å²) < 4.78 is 17.5. The number of aromatic nitrogens is 1. The smallest absolute Gasteiger partial charge is 0.410 e. The highest BCUT2D eigenvalue weighted by Crippen LogP contribution is 2.41. The molecule has 0 bridgehead atoms. The number of hydrogen-bond acceptors (Lipinski definition) is 7. The van der Waals surface area contributed by atoms with Crippen molar-refractivity contribution in [3.63, 3.8) is 0 Å². The lowest BCUT2D eigenvalue weighted by Gasteiger charge is -2.40. The molecule has 4 heterocycles. The number of halogens is 2. The van der Waals surface area contributed by atoms with E-state index in [9.17, 15) is 9.59 Å². The minimum Gasteiger partial charge on any atom is -0.489 e. The molecule has 2 atom stereocenters. The third-order valence-corrected chi connectivity index (χ3v) is 6.86. The first kappa shape index (κ1) is 24.2. The van der Waals surface area contributed by atoms with Crippen molar-refractivity contribution in [2.75, 3.05) is 46.4 Å². The van der Waals surface area contributed by atoms with Crippen molar-refractivity contribution in [3.05, 3.63) is 15.7 Å². The summed E-state index contributed by atoms with van der Waals surface area (Å²) in [7, 11) is 2.05. The van der Waals surface area contributed by atoms with E-state index in [1.807, 2.05) is 27.8 Å². The summed E-state index contributed by atoms with van der Waals surface area (Å²) in [6.45, 7) is 7.98. The van der Waals surface area contributed by atoms with Crippen LogP contribution >= 0.6 is 23.2 Å². The number of pyridine rings is 1. The molecule has 0 unspecified atom stereocenters. The fraction of sp³-hybridized carbons (Fsp3) is 0.682. The highest BCUT2D eigenvalue weighted by molar-refractivity contribution is 6.42. The Morgan fingerprint density at radius 3 is 2.67 bits per heavy atom. The molecule has 2 saturated heterocycles. The van der Waals surface area contributed by atoms with Crippen molar-refractivity contribution in [2.24, 2.45) is 0 Å². The minimum atomic E-state index is -0.601. The van der Waals surface area contributed by atoms with Crippen molar-refractivity contribution in [1.82, 2.24) is 19.7 Å². The summed E-state index contributed by atoms with van der Waals surface area (Å²) in [6.07, 6.45) is 1.70. The average molecular weight is 501 g/mol. The fourth-order valence-corrected chi connectivity index (χ4v) is 4.72. The Balaban J connectivity index is 1.56. The number of carbonyl (C=O) groups is 2. The van der Waals surface area contributed by atoms with Crippen LogP contribution in [0.3, 0.4) is 0 Å². The summed E-state index contributed by atoms with van der Waals surface area (Å²) in [5.41, 5.74) is -0.422. The molecule has 182 valence electrons. The summed E-state index contributed by atoms with van der Waals surface area (Å²) in [5.74, 6) is 0.00626.